The molecule has 0 aromatic heterocycles. The van der Waals surface area contributed by atoms with Crippen LogP contribution in [0, 0.1) is 0 Å². The third-order valence-corrected chi connectivity index (χ3v) is 3.88. The number of nitrogens with one attached hydrogen (secondary N) is 1. The summed E-state index contributed by atoms with van der Waals surface area (Å²) in [4.78, 5) is 0. The Kier molecular flexibility index (Phi) is 6.26. The fourth-order valence-electron chi connectivity index (χ4n) is 1.56. The molecule has 0 aliphatic carbocycles. The molecule has 0 saturated heterocycles. The first-order chi connectivity index (χ1) is 9.46. The van der Waals surface area contributed by atoms with Crippen LogP contribution in [0.1, 0.15) is 12.0 Å². The van der Waals surface area contributed by atoms with Crippen LogP contribution in [0.15, 0.2) is 29.4 Å². The first-order valence-electron chi connectivity index (χ1n) is 6.01. The third kappa shape index (κ3) is 5.89. The van der Waals surface area contributed by atoms with E-state index in [2.05, 4.69) is 9.88 Å². The summed E-state index contributed by atoms with van der Waals surface area (Å²) in [6, 6.07) is 6.69. The van der Waals surface area contributed by atoms with Crippen LogP contribution in [0.2, 0.25) is 0 Å². The van der Waals surface area contributed by atoms with Crippen molar-refractivity contribution in [3.05, 3.63) is 29.8 Å². The van der Waals surface area contributed by atoms with Gasteiger partial charge in [-0.2, -0.15) is 0 Å². The number of amidine groups is 1. The quantitative estimate of drug-likeness (QED) is 0.215. The summed E-state index contributed by atoms with van der Waals surface area (Å²) < 4.78 is 30.8. The minimum Gasteiger partial charge on any atom is -0.409 e. The molecule has 20 heavy (non-hydrogen) atoms. The van der Waals surface area contributed by atoms with E-state index in [4.69, 9.17) is 15.7 Å². The van der Waals surface area contributed by atoms with Crippen molar-refractivity contribution in [3.63, 3.8) is 0 Å². The zero-order chi connectivity index (χ0) is 15.0. The number of sulfonamides is 1. The number of nitrogens with two attached hydrogens (primary N) is 1. The molecule has 1 rings (SSSR count). The second kappa shape index (κ2) is 7.71. The largest absolute Gasteiger partial charge is 0.409 e. The normalized spacial score (nSPS) is 12.3. The average Bonchev–Trinajstić information content (AvgIpc) is 2.40. The Bertz CT molecular complexity index is 540. The molecule has 0 fully saturated rings. The van der Waals surface area contributed by atoms with Crippen molar-refractivity contribution in [1.29, 1.82) is 0 Å². The molecule has 0 unspecified atom stereocenters. The van der Waals surface area contributed by atoms with Crippen molar-refractivity contribution in [2.24, 2.45) is 10.9 Å². The van der Waals surface area contributed by atoms with E-state index < -0.39 is 10.0 Å². The predicted molar refractivity (Wildman–Crippen MR) is 77.5 cm³/mol. The fourth-order valence-corrected chi connectivity index (χ4v) is 2.65. The Morgan fingerprint density at radius 2 is 2.05 bits per heavy atom. The number of methoxy groups -OCH3 is 1. The van der Waals surface area contributed by atoms with E-state index in [1.54, 1.807) is 24.3 Å². The van der Waals surface area contributed by atoms with E-state index in [0.717, 1.165) is 5.56 Å². The highest BCUT2D eigenvalue weighted by atomic mass is 32.2. The highest BCUT2D eigenvalue weighted by molar-refractivity contribution is 7.92. The highest BCUT2D eigenvalue weighted by Gasteiger charge is 2.10. The summed E-state index contributed by atoms with van der Waals surface area (Å²) in [5.41, 5.74) is 6.69. The second-order valence-corrected chi connectivity index (χ2v) is 6.07. The number of nitrogens with zero attached hydrogens (tertiary/aromatic N) is 1. The molecule has 0 atom stereocenters. The lowest BCUT2D eigenvalue weighted by Gasteiger charge is -2.08. The van der Waals surface area contributed by atoms with Gasteiger partial charge < -0.3 is 15.7 Å². The number of hydrogen-bond donors (Lipinski definition) is 3. The average molecular weight is 301 g/mol. The molecule has 0 amide bonds. The molecular formula is C12H19N3O4S. The summed E-state index contributed by atoms with van der Waals surface area (Å²) >= 11 is 0. The molecule has 1 aromatic rings. The van der Waals surface area contributed by atoms with Gasteiger partial charge in [0.2, 0.25) is 10.0 Å². The first-order valence-corrected chi connectivity index (χ1v) is 7.67. The maximum absolute atomic E-state index is 11.7. The lowest BCUT2D eigenvalue weighted by Crippen LogP contribution is -2.18. The van der Waals surface area contributed by atoms with Crippen LogP contribution in [-0.4, -0.2) is 38.9 Å². The lowest BCUT2D eigenvalue weighted by atomic mass is 10.1. The minimum atomic E-state index is -3.37. The van der Waals surface area contributed by atoms with Crippen molar-refractivity contribution in [2.45, 2.75) is 12.8 Å². The SMILES string of the molecule is COCCCS(=O)(=O)Nc1ccc(CC(N)=NO)cc1. The standard InChI is InChI=1S/C12H19N3O4S/c1-19-7-2-8-20(17,18)15-11-5-3-10(4-6-11)9-12(13)14-16/h3-6,15-16H,2,7-9H2,1H3,(H2,13,14). The molecule has 0 radical (unpaired) electrons. The zero-order valence-electron chi connectivity index (χ0n) is 11.2. The molecule has 0 saturated carbocycles. The monoisotopic (exact) mass is 301 g/mol. The molecule has 0 spiro atoms. The van der Waals surface area contributed by atoms with Gasteiger partial charge in [-0.05, 0) is 24.1 Å². The molecule has 4 N–H and O–H groups in total. The van der Waals surface area contributed by atoms with E-state index in [1.165, 1.54) is 7.11 Å². The molecule has 0 aliphatic rings. The van der Waals surface area contributed by atoms with E-state index in [1.807, 2.05) is 0 Å². The number of oxime groups is 1. The molecule has 8 heteroatoms. The van der Waals surface area contributed by atoms with Gasteiger partial charge in [0, 0.05) is 25.8 Å². The van der Waals surface area contributed by atoms with Crippen molar-refractivity contribution in [1.82, 2.24) is 0 Å². The molecule has 0 aliphatic heterocycles. The number of hydrogen-bond acceptors (Lipinski definition) is 5. The van der Waals surface area contributed by atoms with Crippen molar-refractivity contribution in [2.75, 3.05) is 24.2 Å². The van der Waals surface area contributed by atoms with Crippen LogP contribution < -0.4 is 10.5 Å². The van der Waals surface area contributed by atoms with Crippen molar-refractivity contribution < 1.29 is 18.4 Å². The number of rotatable bonds is 8. The Morgan fingerprint density at radius 1 is 1.40 bits per heavy atom. The zero-order valence-corrected chi connectivity index (χ0v) is 12.1. The van der Waals surface area contributed by atoms with Crippen LogP contribution in [0.25, 0.3) is 0 Å². The summed E-state index contributed by atoms with van der Waals surface area (Å²) in [7, 11) is -1.84. The lowest BCUT2D eigenvalue weighted by molar-refractivity contribution is 0.199. The number of anilines is 1. The summed E-state index contributed by atoms with van der Waals surface area (Å²) in [5.74, 6) is 0.102. The third-order valence-electron chi connectivity index (χ3n) is 2.50. The van der Waals surface area contributed by atoms with E-state index in [9.17, 15) is 8.42 Å². The number of ether oxygens (including phenoxy) is 1. The predicted octanol–water partition coefficient (Wildman–Crippen LogP) is 0.754. The molecule has 7 nitrogen and oxygen atoms in total. The molecule has 112 valence electrons. The van der Waals surface area contributed by atoms with Gasteiger partial charge in [-0.3, -0.25) is 4.72 Å². The van der Waals surface area contributed by atoms with Crippen LogP contribution >= 0.6 is 0 Å². The second-order valence-electron chi connectivity index (χ2n) is 4.23. The summed E-state index contributed by atoms with van der Waals surface area (Å²) in [5, 5.41) is 11.3. The minimum absolute atomic E-state index is 0.00666. The Labute approximate surface area is 118 Å². The Balaban J connectivity index is 2.60. The van der Waals surface area contributed by atoms with Crippen LogP contribution in [-0.2, 0) is 21.2 Å². The maximum Gasteiger partial charge on any atom is 0.232 e. The van der Waals surface area contributed by atoms with Gasteiger partial charge in [0.1, 0.15) is 5.84 Å². The fraction of sp³-hybridized carbons (Fsp3) is 0.417. The van der Waals surface area contributed by atoms with E-state index in [0.29, 0.717) is 25.1 Å². The van der Waals surface area contributed by atoms with Crippen LogP contribution in [0.5, 0.6) is 0 Å². The van der Waals surface area contributed by atoms with E-state index in [-0.39, 0.29) is 11.6 Å². The van der Waals surface area contributed by atoms with Crippen LogP contribution in [0.3, 0.4) is 0 Å². The van der Waals surface area contributed by atoms with Gasteiger partial charge in [-0.1, -0.05) is 17.3 Å². The van der Waals surface area contributed by atoms with Gasteiger partial charge in [0.25, 0.3) is 0 Å². The van der Waals surface area contributed by atoms with Gasteiger partial charge in [0.15, 0.2) is 0 Å². The van der Waals surface area contributed by atoms with E-state index >= 15 is 0 Å². The first kappa shape index (κ1) is 16.3. The molecule has 0 bridgehead atoms. The highest BCUT2D eigenvalue weighted by Crippen LogP contribution is 2.12. The summed E-state index contributed by atoms with van der Waals surface area (Å²) in [6.07, 6.45) is 0.741. The maximum atomic E-state index is 11.7. The molecular weight excluding hydrogens is 282 g/mol. The van der Waals surface area contributed by atoms with Gasteiger partial charge in [0.05, 0.1) is 5.75 Å². The molecule has 0 heterocycles. The molecule has 1 aromatic carbocycles. The van der Waals surface area contributed by atoms with Gasteiger partial charge >= 0.3 is 0 Å². The Morgan fingerprint density at radius 3 is 2.60 bits per heavy atom. The van der Waals surface area contributed by atoms with Crippen molar-refractivity contribution in [3.8, 4) is 0 Å². The topological polar surface area (TPSA) is 114 Å². The van der Waals surface area contributed by atoms with Crippen LogP contribution in [0.4, 0.5) is 5.69 Å². The van der Waals surface area contributed by atoms with Gasteiger partial charge in [-0.25, -0.2) is 8.42 Å². The summed E-state index contributed by atoms with van der Waals surface area (Å²) in [6.45, 7) is 0.402. The number of benzene rings is 1. The van der Waals surface area contributed by atoms with Crippen molar-refractivity contribution >= 4 is 21.5 Å². The smallest absolute Gasteiger partial charge is 0.232 e. The Hall–Kier alpha value is -1.80. The van der Waals surface area contributed by atoms with Gasteiger partial charge in [-0.15, -0.1) is 0 Å².